The van der Waals surface area contributed by atoms with E-state index in [1.54, 1.807) is 13.0 Å². The molecule has 8 rings (SSSR count). The molecule has 0 heterocycles. The van der Waals surface area contributed by atoms with E-state index in [1.807, 2.05) is 0 Å². The molecule has 12 heteroatoms. The topological polar surface area (TPSA) is 217 Å². The van der Waals surface area contributed by atoms with Crippen molar-refractivity contribution in [2.24, 2.45) is 63.9 Å². The molecule has 7 aliphatic carbocycles. The smallest absolute Gasteiger partial charge is 0.412 e. The second kappa shape index (κ2) is 15.0. The molecule has 1 aromatic rings. The van der Waals surface area contributed by atoms with Gasteiger partial charge < -0.3 is 36.0 Å². The predicted octanol–water partition coefficient (Wildman–Crippen LogP) is 7.91. The average Bonchev–Trinajstić information content (AvgIpc) is 3.54. The number of benzene rings is 1. The first-order chi connectivity index (χ1) is 28.2. The Balaban J connectivity index is 0.968. The van der Waals surface area contributed by atoms with Crippen molar-refractivity contribution in [1.82, 2.24) is 0 Å². The van der Waals surface area contributed by atoms with Crippen LogP contribution < -0.4 is 11.1 Å². The molecule has 4 fully saturated rings. The minimum atomic E-state index is -2.93. The van der Waals surface area contributed by atoms with E-state index in [0.717, 1.165) is 36.5 Å². The molecule has 0 spiro atoms. The number of nitrogens with two attached hydrogens (primary N) is 1. The number of rotatable bonds is 8. The molecule has 0 saturated heterocycles. The fourth-order valence-electron chi connectivity index (χ4n) is 14.1. The highest BCUT2D eigenvalue weighted by atomic mass is 16.6. The van der Waals surface area contributed by atoms with Crippen molar-refractivity contribution in [3.05, 3.63) is 51.8 Å². The lowest BCUT2D eigenvalue weighted by Crippen LogP contribution is -2.63. The van der Waals surface area contributed by atoms with Gasteiger partial charge in [0.15, 0.2) is 11.4 Å². The molecule has 0 bridgehead atoms. The van der Waals surface area contributed by atoms with Gasteiger partial charge in [0.25, 0.3) is 5.91 Å². The summed E-state index contributed by atoms with van der Waals surface area (Å²) < 4.78 is 5.99. The number of anilines is 1. The number of ether oxygens (including phenoxy) is 1. The Hall–Kier alpha value is -4.16. The Morgan fingerprint density at radius 2 is 1.70 bits per heavy atom. The summed E-state index contributed by atoms with van der Waals surface area (Å²) in [7, 11) is 0. The van der Waals surface area contributed by atoms with E-state index in [4.69, 9.17) is 10.5 Å². The lowest BCUT2D eigenvalue weighted by atomic mass is 9.47. The largest absolute Gasteiger partial charge is 0.508 e. The van der Waals surface area contributed by atoms with Crippen LogP contribution >= 0.6 is 0 Å². The fourth-order valence-corrected chi connectivity index (χ4v) is 14.1. The fraction of sp³-hybridized carbons (Fsp3) is 0.667. The van der Waals surface area contributed by atoms with Crippen molar-refractivity contribution in [2.75, 3.05) is 5.32 Å². The first-order valence-electron chi connectivity index (χ1n) is 22.4. The van der Waals surface area contributed by atoms with Gasteiger partial charge in [-0.2, -0.15) is 0 Å². The van der Waals surface area contributed by atoms with Gasteiger partial charge in [0.1, 0.15) is 28.9 Å². The maximum atomic E-state index is 14.0. The summed E-state index contributed by atoms with van der Waals surface area (Å²) in [5.41, 5.74) is 2.81. The van der Waals surface area contributed by atoms with Gasteiger partial charge in [-0.1, -0.05) is 78.5 Å². The number of Topliss-reactive ketones (excluding diaryl/α,β-unsaturated/α-hetero) is 2. The number of hydrogen-bond acceptors (Lipinski definition) is 10. The average molecular weight is 829 g/mol. The molecule has 5 unspecified atom stereocenters. The standard InChI is InChI=1S/C48H64N2O10/c1-22(2)8-7-9-23(3)29-13-14-30-28-11-10-25-20-26(16-18-46(25,5)31(28)17-19-47(29,30)6)60-45(58)50-33-15-12-27-24(4)35-38(41(54)36(27)40(33)53)43(56)48(59)32(39(35)52)21-34(51)37(42(48)55)44(49)57/h10,12,15,22-24,26,28-32,35,39,52-55,59H,7-9,11,13-14,16-21H2,1-6H3,(H2,49,57)(H,50,58)/t23-,24+,26?,28?,29?,30?,31?,32-,35-,39-,46+,47-,48-/m1/s1. The van der Waals surface area contributed by atoms with Gasteiger partial charge in [-0.25, -0.2) is 4.79 Å². The van der Waals surface area contributed by atoms with Crippen LogP contribution in [-0.2, 0) is 19.1 Å². The van der Waals surface area contributed by atoms with Gasteiger partial charge in [-0.3, -0.25) is 19.7 Å². The summed E-state index contributed by atoms with van der Waals surface area (Å²) in [6.45, 7) is 13.8. The number of carbonyl (C=O) groups excluding carboxylic acids is 4. The molecule has 60 heavy (non-hydrogen) atoms. The summed E-state index contributed by atoms with van der Waals surface area (Å²) in [5, 5.41) is 59.8. The minimum Gasteiger partial charge on any atom is -0.508 e. The van der Waals surface area contributed by atoms with Crippen molar-refractivity contribution in [1.29, 1.82) is 0 Å². The highest BCUT2D eigenvalue weighted by Crippen LogP contribution is 2.67. The Kier molecular flexibility index (Phi) is 10.7. The highest BCUT2D eigenvalue weighted by molar-refractivity contribution is 6.23. The maximum absolute atomic E-state index is 14.0. The summed E-state index contributed by atoms with van der Waals surface area (Å²) >= 11 is 0. The van der Waals surface area contributed by atoms with Crippen LogP contribution in [0.4, 0.5) is 10.5 Å². The number of hydrogen-bond donors (Lipinski definition) is 7. The van der Waals surface area contributed by atoms with Crippen molar-refractivity contribution >= 4 is 35.0 Å². The monoisotopic (exact) mass is 828 g/mol. The third kappa shape index (κ3) is 6.27. The van der Waals surface area contributed by atoms with Crippen molar-refractivity contribution in [2.45, 2.75) is 142 Å². The number of phenols is 1. The van der Waals surface area contributed by atoms with Gasteiger partial charge >= 0.3 is 6.09 Å². The Labute approximate surface area is 352 Å². The lowest BCUT2D eigenvalue weighted by molar-refractivity contribution is -0.160. The molecule has 326 valence electrons. The molecular weight excluding hydrogens is 765 g/mol. The molecule has 2 amide bonds. The van der Waals surface area contributed by atoms with Gasteiger partial charge in [0.2, 0.25) is 5.78 Å². The number of nitrogens with one attached hydrogen (secondary N) is 1. The maximum Gasteiger partial charge on any atom is 0.412 e. The van der Waals surface area contributed by atoms with E-state index in [2.05, 4.69) is 46.0 Å². The molecule has 8 N–H and O–H groups in total. The number of ketones is 2. The number of aromatic hydroxyl groups is 1. The van der Waals surface area contributed by atoms with Gasteiger partial charge in [0, 0.05) is 30.3 Å². The van der Waals surface area contributed by atoms with Gasteiger partial charge in [-0.15, -0.1) is 0 Å². The zero-order valence-corrected chi connectivity index (χ0v) is 35.9. The summed E-state index contributed by atoms with van der Waals surface area (Å²) in [6.07, 6.45) is 11.5. The van der Waals surface area contributed by atoms with Crippen LogP contribution in [0.25, 0.3) is 5.76 Å². The van der Waals surface area contributed by atoms with Crippen molar-refractivity contribution in [3.63, 3.8) is 0 Å². The summed E-state index contributed by atoms with van der Waals surface area (Å²) in [5.74, 6) is -5.19. The number of allylic oxidation sites excluding steroid dienone is 1. The number of carbonyl (C=O) groups is 4. The minimum absolute atomic E-state index is 0.0658. The van der Waals surface area contributed by atoms with E-state index in [9.17, 15) is 44.7 Å². The zero-order chi connectivity index (χ0) is 43.4. The Morgan fingerprint density at radius 3 is 2.40 bits per heavy atom. The van der Waals surface area contributed by atoms with Gasteiger partial charge in [0.05, 0.1) is 17.4 Å². The van der Waals surface area contributed by atoms with E-state index in [0.29, 0.717) is 35.7 Å². The molecule has 4 saturated carbocycles. The van der Waals surface area contributed by atoms with E-state index < -0.39 is 87.9 Å². The number of primary amides is 1. The number of aliphatic hydroxyl groups is 4. The molecule has 0 radical (unpaired) electrons. The van der Waals surface area contributed by atoms with Crippen LogP contribution in [0.2, 0.25) is 0 Å². The number of amides is 2. The molecule has 13 atom stereocenters. The van der Waals surface area contributed by atoms with Crippen LogP contribution in [-0.4, -0.2) is 66.9 Å². The first-order valence-corrected chi connectivity index (χ1v) is 22.4. The molecule has 0 aliphatic heterocycles. The van der Waals surface area contributed by atoms with Crippen molar-refractivity contribution < 1.29 is 49.4 Å². The molecule has 0 aromatic heterocycles. The molecule has 1 aromatic carbocycles. The van der Waals surface area contributed by atoms with Crippen molar-refractivity contribution in [3.8, 4) is 5.75 Å². The SMILES string of the molecule is CC(C)CCC[C@@H](C)C1CCC2C3CC=C4CC(OC(=O)Nc5ccc6c(c5O)C(O)=C5C(=O)[C@]7(O)C(O)=C(C(N)=O)C(=O)C[C@@H]7[C@@H](O)[C@@H]5[C@H]6C)CC[C@]4(C)C3CC[C@@]21C. The quantitative estimate of drug-likeness (QED) is 0.0763. The van der Waals surface area contributed by atoms with E-state index in [1.165, 1.54) is 56.6 Å². The molecule has 7 aliphatic rings. The van der Waals surface area contributed by atoms with Crippen LogP contribution in [0, 0.1) is 58.2 Å². The van der Waals surface area contributed by atoms with Crippen LogP contribution in [0.5, 0.6) is 5.75 Å². The second-order valence-corrected chi connectivity index (χ2v) is 20.6. The normalized spacial score (nSPS) is 38.8. The number of fused-ring (bicyclic) bond motifs is 8. The third-order valence-corrected chi connectivity index (χ3v) is 17.3. The van der Waals surface area contributed by atoms with E-state index in [-0.39, 0.29) is 22.8 Å². The van der Waals surface area contributed by atoms with Crippen LogP contribution in [0.15, 0.2) is 40.7 Å². The Morgan fingerprint density at radius 1 is 0.967 bits per heavy atom. The highest BCUT2D eigenvalue weighted by Gasteiger charge is 2.65. The number of aliphatic hydroxyl groups excluding tert-OH is 3. The number of phenolic OH excluding ortho intramolecular Hbond substituents is 1. The lowest BCUT2D eigenvalue weighted by Gasteiger charge is -2.58. The summed E-state index contributed by atoms with van der Waals surface area (Å²) in [4.78, 5) is 52.3. The first kappa shape index (κ1) is 42.5. The zero-order valence-electron chi connectivity index (χ0n) is 35.9. The summed E-state index contributed by atoms with van der Waals surface area (Å²) in [6, 6.07) is 3.01. The molecular formula is C48H64N2O10. The van der Waals surface area contributed by atoms with E-state index >= 15 is 0 Å². The van der Waals surface area contributed by atoms with Gasteiger partial charge in [-0.05, 0) is 109 Å². The predicted molar refractivity (Wildman–Crippen MR) is 224 cm³/mol. The Bertz CT molecular complexity index is 2100. The van der Waals surface area contributed by atoms with Crippen LogP contribution in [0.3, 0.4) is 0 Å². The third-order valence-electron chi connectivity index (χ3n) is 17.3. The van der Waals surface area contributed by atoms with Crippen LogP contribution in [0.1, 0.15) is 136 Å². The molecule has 12 nitrogen and oxygen atoms in total. The second-order valence-electron chi connectivity index (χ2n) is 20.6.